The van der Waals surface area contributed by atoms with Crippen molar-refractivity contribution in [3.05, 3.63) is 57.5 Å². The van der Waals surface area contributed by atoms with E-state index in [1.54, 1.807) is 11.7 Å². The van der Waals surface area contributed by atoms with Crippen LogP contribution in [0.2, 0.25) is 0 Å². The van der Waals surface area contributed by atoms with Gasteiger partial charge in [-0.05, 0) is 43.5 Å². The lowest BCUT2D eigenvalue weighted by Crippen LogP contribution is -2.33. The van der Waals surface area contributed by atoms with Crippen LogP contribution in [0.1, 0.15) is 29.7 Å². The van der Waals surface area contributed by atoms with E-state index < -0.39 is 0 Å². The Labute approximate surface area is 153 Å². The van der Waals surface area contributed by atoms with Crippen LogP contribution in [0.25, 0.3) is 0 Å². The first-order valence-corrected chi connectivity index (χ1v) is 8.84. The SMILES string of the molecule is COc1ccc(Cn2c(C)cc(NC3CCCOC3)c(C=N)c2=O)cc1. The maximum Gasteiger partial charge on any atom is 0.261 e. The number of aryl methyl sites for hydroxylation is 1. The minimum atomic E-state index is -0.157. The van der Waals surface area contributed by atoms with Crippen molar-refractivity contribution in [1.29, 1.82) is 5.41 Å². The van der Waals surface area contributed by atoms with Gasteiger partial charge in [0.05, 0.1) is 31.5 Å². The zero-order valence-corrected chi connectivity index (χ0v) is 15.2. The number of rotatable bonds is 6. The number of hydrogen-bond acceptors (Lipinski definition) is 5. The van der Waals surface area contributed by atoms with E-state index in [1.807, 2.05) is 37.3 Å². The molecule has 1 atom stereocenters. The highest BCUT2D eigenvalue weighted by Gasteiger charge is 2.17. The first kappa shape index (κ1) is 18.2. The summed E-state index contributed by atoms with van der Waals surface area (Å²) >= 11 is 0. The molecule has 0 spiro atoms. The number of aromatic nitrogens is 1. The van der Waals surface area contributed by atoms with E-state index in [2.05, 4.69) is 5.32 Å². The van der Waals surface area contributed by atoms with Crippen molar-refractivity contribution >= 4 is 11.9 Å². The summed E-state index contributed by atoms with van der Waals surface area (Å²) in [5.41, 5.74) is 2.80. The normalized spacial score (nSPS) is 16.9. The lowest BCUT2D eigenvalue weighted by atomic mass is 10.1. The van der Waals surface area contributed by atoms with Gasteiger partial charge in [0.1, 0.15) is 5.75 Å². The molecule has 0 amide bonds. The molecule has 1 saturated heterocycles. The highest BCUT2D eigenvalue weighted by Crippen LogP contribution is 2.19. The molecule has 6 heteroatoms. The molecule has 1 fully saturated rings. The predicted molar refractivity (Wildman–Crippen MR) is 103 cm³/mol. The molecule has 138 valence electrons. The van der Waals surface area contributed by atoms with E-state index in [0.717, 1.165) is 42.7 Å². The number of methoxy groups -OCH3 is 1. The van der Waals surface area contributed by atoms with Crippen molar-refractivity contribution < 1.29 is 9.47 Å². The Morgan fingerprint density at radius 2 is 2.15 bits per heavy atom. The number of nitrogens with one attached hydrogen (secondary N) is 2. The van der Waals surface area contributed by atoms with Crippen LogP contribution >= 0.6 is 0 Å². The standard InChI is InChI=1S/C20H25N3O3/c1-14-10-19(22-16-4-3-9-26-13-16)18(11-21)20(24)23(14)12-15-5-7-17(25-2)8-6-15/h5-8,10-11,16,21-22H,3-4,9,12-13H2,1-2H3. The van der Waals surface area contributed by atoms with E-state index in [9.17, 15) is 4.79 Å². The van der Waals surface area contributed by atoms with Crippen LogP contribution in [0.15, 0.2) is 35.1 Å². The van der Waals surface area contributed by atoms with Crippen molar-refractivity contribution in [2.45, 2.75) is 32.4 Å². The minimum Gasteiger partial charge on any atom is -0.497 e. The molecule has 1 aliphatic heterocycles. The highest BCUT2D eigenvalue weighted by molar-refractivity contribution is 5.85. The minimum absolute atomic E-state index is 0.157. The summed E-state index contributed by atoms with van der Waals surface area (Å²) in [6.45, 7) is 3.80. The smallest absolute Gasteiger partial charge is 0.261 e. The van der Waals surface area contributed by atoms with Gasteiger partial charge < -0.3 is 24.8 Å². The first-order valence-electron chi connectivity index (χ1n) is 8.84. The quantitative estimate of drug-likeness (QED) is 0.781. The maximum atomic E-state index is 12.9. The number of anilines is 1. The van der Waals surface area contributed by atoms with E-state index >= 15 is 0 Å². The lowest BCUT2D eigenvalue weighted by Gasteiger charge is -2.25. The van der Waals surface area contributed by atoms with Crippen molar-refractivity contribution in [3.8, 4) is 5.75 Å². The Hall–Kier alpha value is -2.60. The van der Waals surface area contributed by atoms with Gasteiger partial charge in [0.25, 0.3) is 5.56 Å². The topological polar surface area (TPSA) is 76.3 Å². The van der Waals surface area contributed by atoms with Gasteiger partial charge in [-0.15, -0.1) is 0 Å². The van der Waals surface area contributed by atoms with Crippen molar-refractivity contribution in [2.75, 3.05) is 25.6 Å². The summed E-state index contributed by atoms with van der Waals surface area (Å²) in [5, 5.41) is 11.1. The molecule has 1 aliphatic rings. The Kier molecular flexibility index (Phi) is 5.73. The molecule has 2 aromatic rings. The van der Waals surface area contributed by atoms with Gasteiger partial charge in [0, 0.05) is 24.6 Å². The van der Waals surface area contributed by atoms with Gasteiger partial charge in [-0.1, -0.05) is 12.1 Å². The molecular weight excluding hydrogens is 330 g/mol. The molecule has 0 aliphatic carbocycles. The molecule has 2 N–H and O–H groups in total. The Bertz CT molecular complexity index is 821. The maximum absolute atomic E-state index is 12.9. The van der Waals surface area contributed by atoms with Gasteiger partial charge in [-0.2, -0.15) is 0 Å². The molecular formula is C20H25N3O3. The third-order valence-electron chi connectivity index (χ3n) is 4.71. The molecule has 1 aromatic carbocycles. The van der Waals surface area contributed by atoms with Gasteiger partial charge in [0.2, 0.25) is 0 Å². The zero-order valence-electron chi connectivity index (χ0n) is 15.2. The second kappa shape index (κ2) is 8.19. The molecule has 0 radical (unpaired) electrons. The Morgan fingerprint density at radius 3 is 2.77 bits per heavy atom. The van der Waals surface area contributed by atoms with Crippen molar-refractivity contribution in [3.63, 3.8) is 0 Å². The molecule has 26 heavy (non-hydrogen) atoms. The summed E-state index contributed by atoms with van der Waals surface area (Å²) in [7, 11) is 1.63. The van der Waals surface area contributed by atoms with Gasteiger partial charge >= 0.3 is 0 Å². The highest BCUT2D eigenvalue weighted by atomic mass is 16.5. The van der Waals surface area contributed by atoms with Crippen LogP contribution in [-0.4, -0.2) is 37.1 Å². The fourth-order valence-electron chi connectivity index (χ4n) is 3.23. The number of ether oxygens (including phenoxy) is 2. The summed E-state index contributed by atoms with van der Waals surface area (Å²) in [6, 6.07) is 9.78. The fraction of sp³-hybridized carbons (Fsp3) is 0.400. The van der Waals surface area contributed by atoms with Crippen molar-refractivity contribution in [1.82, 2.24) is 4.57 Å². The van der Waals surface area contributed by atoms with Crippen molar-refractivity contribution in [2.24, 2.45) is 0 Å². The molecule has 1 aromatic heterocycles. The van der Waals surface area contributed by atoms with E-state index in [0.29, 0.717) is 24.4 Å². The second-order valence-electron chi connectivity index (χ2n) is 6.56. The van der Waals surface area contributed by atoms with Gasteiger partial charge in [-0.25, -0.2) is 0 Å². The Morgan fingerprint density at radius 1 is 1.38 bits per heavy atom. The summed E-state index contributed by atoms with van der Waals surface area (Å²) in [5.74, 6) is 0.784. The van der Waals surface area contributed by atoms with E-state index in [1.165, 1.54) is 0 Å². The number of pyridine rings is 1. The van der Waals surface area contributed by atoms with Crippen LogP contribution in [0.4, 0.5) is 5.69 Å². The summed E-state index contributed by atoms with van der Waals surface area (Å²) in [6.07, 6.45) is 3.15. The largest absolute Gasteiger partial charge is 0.497 e. The first-order chi connectivity index (χ1) is 12.6. The average Bonchev–Trinajstić information content (AvgIpc) is 2.66. The molecule has 6 nitrogen and oxygen atoms in total. The molecule has 2 heterocycles. The number of hydrogen-bond donors (Lipinski definition) is 2. The molecule has 0 saturated carbocycles. The molecule has 3 rings (SSSR count). The predicted octanol–water partition coefficient (Wildman–Crippen LogP) is 2.80. The Balaban J connectivity index is 1.88. The monoisotopic (exact) mass is 355 g/mol. The van der Waals surface area contributed by atoms with Gasteiger partial charge in [0.15, 0.2) is 0 Å². The zero-order chi connectivity index (χ0) is 18.5. The van der Waals surface area contributed by atoms with E-state index in [4.69, 9.17) is 14.9 Å². The lowest BCUT2D eigenvalue weighted by molar-refractivity contribution is 0.0876. The number of benzene rings is 1. The van der Waals surface area contributed by atoms with Crippen LogP contribution in [-0.2, 0) is 11.3 Å². The average molecular weight is 355 g/mol. The summed E-state index contributed by atoms with van der Waals surface area (Å²) in [4.78, 5) is 12.9. The fourth-order valence-corrected chi connectivity index (χ4v) is 3.23. The summed E-state index contributed by atoms with van der Waals surface area (Å²) < 4.78 is 12.4. The van der Waals surface area contributed by atoms with Crippen LogP contribution in [0.5, 0.6) is 5.75 Å². The molecule has 1 unspecified atom stereocenters. The van der Waals surface area contributed by atoms with Crippen LogP contribution < -0.4 is 15.6 Å². The third kappa shape index (κ3) is 3.96. The third-order valence-corrected chi connectivity index (χ3v) is 4.71. The van der Waals surface area contributed by atoms with Crippen LogP contribution in [0.3, 0.4) is 0 Å². The second-order valence-corrected chi connectivity index (χ2v) is 6.56. The van der Waals surface area contributed by atoms with E-state index in [-0.39, 0.29) is 11.6 Å². The number of nitrogens with zero attached hydrogens (tertiary/aromatic N) is 1. The van der Waals surface area contributed by atoms with Gasteiger partial charge in [-0.3, -0.25) is 4.79 Å². The molecule has 0 bridgehead atoms. The van der Waals surface area contributed by atoms with Crippen LogP contribution in [0, 0.1) is 12.3 Å².